The number of carbonyl (C=O) groups is 1. The van der Waals surface area contributed by atoms with E-state index in [0.717, 1.165) is 35.2 Å². The van der Waals surface area contributed by atoms with Crippen LogP contribution in [0.4, 0.5) is 4.39 Å². The molecule has 1 aliphatic carbocycles. The van der Waals surface area contributed by atoms with Crippen molar-refractivity contribution in [2.75, 3.05) is 0 Å². The monoisotopic (exact) mass is 323 g/mol. The van der Waals surface area contributed by atoms with Crippen LogP contribution in [0.15, 0.2) is 48.5 Å². The molecular weight excluding hydrogens is 305 g/mol. The Kier molecular flexibility index (Phi) is 3.81. The van der Waals surface area contributed by atoms with Gasteiger partial charge in [0, 0.05) is 16.6 Å². The Morgan fingerprint density at radius 3 is 2.83 bits per heavy atom. The molecule has 1 unspecified atom stereocenters. The topological polar surface area (TPSA) is 42.1 Å². The Bertz CT molecular complexity index is 885. The molecule has 1 N–H and O–H groups in total. The summed E-state index contributed by atoms with van der Waals surface area (Å²) < 4.78 is 19.6. The highest BCUT2D eigenvalue weighted by atomic mass is 19.1. The number of esters is 1. The molecule has 0 aliphatic heterocycles. The number of ether oxygens (including phenoxy) is 1. The second-order valence-corrected chi connectivity index (χ2v) is 6.28. The van der Waals surface area contributed by atoms with E-state index in [1.54, 1.807) is 6.07 Å². The number of aromatic nitrogens is 1. The number of rotatable bonds is 3. The maximum absolute atomic E-state index is 14.2. The third-order valence-electron chi connectivity index (χ3n) is 4.72. The quantitative estimate of drug-likeness (QED) is 0.736. The third kappa shape index (κ3) is 2.68. The summed E-state index contributed by atoms with van der Waals surface area (Å²) in [5, 5.41) is 0.619. The summed E-state index contributed by atoms with van der Waals surface area (Å²) in [4.78, 5) is 15.7. The lowest BCUT2D eigenvalue weighted by Gasteiger charge is -2.21. The van der Waals surface area contributed by atoms with Crippen LogP contribution in [0.3, 0.4) is 0 Å². The molecule has 0 amide bonds. The van der Waals surface area contributed by atoms with Crippen LogP contribution in [0, 0.1) is 11.7 Å². The fraction of sp³-hybridized carbons (Fsp3) is 0.250. The van der Waals surface area contributed by atoms with E-state index in [1.165, 1.54) is 6.07 Å². The lowest BCUT2D eigenvalue weighted by molar-refractivity contribution is -0.150. The largest absolute Gasteiger partial charge is 0.461 e. The maximum Gasteiger partial charge on any atom is 0.309 e. The van der Waals surface area contributed by atoms with E-state index in [9.17, 15) is 9.18 Å². The maximum atomic E-state index is 14.2. The van der Waals surface area contributed by atoms with Crippen molar-refractivity contribution in [2.45, 2.75) is 25.9 Å². The Morgan fingerprint density at radius 1 is 1.17 bits per heavy atom. The van der Waals surface area contributed by atoms with Crippen molar-refractivity contribution in [3.05, 3.63) is 71.2 Å². The van der Waals surface area contributed by atoms with E-state index >= 15 is 0 Å². The van der Waals surface area contributed by atoms with Crippen molar-refractivity contribution >= 4 is 16.9 Å². The van der Waals surface area contributed by atoms with E-state index in [-0.39, 0.29) is 24.3 Å². The molecule has 1 heterocycles. The number of hydrogen-bond acceptors (Lipinski definition) is 2. The number of H-pyrrole nitrogens is 1. The van der Waals surface area contributed by atoms with Gasteiger partial charge in [-0.2, -0.15) is 0 Å². The van der Waals surface area contributed by atoms with Crippen molar-refractivity contribution in [2.24, 2.45) is 5.92 Å². The Labute approximate surface area is 139 Å². The minimum Gasteiger partial charge on any atom is -0.461 e. The molecule has 0 fully saturated rings. The van der Waals surface area contributed by atoms with Gasteiger partial charge in [-0.25, -0.2) is 4.39 Å². The zero-order valence-corrected chi connectivity index (χ0v) is 13.2. The summed E-state index contributed by atoms with van der Waals surface area (Å²) in [5.41, 5.74) is 3.75. The van der Waals surface area contributed by atoms with Crippen molar-refractivity contribution in [3.63, 3.8) is 0 Å². The van der Waals surface area contributed by atoms with E-state index in [0.29, 0.717) is 11.8 Å². The standard InChI is InChI=1S/C20H18FNO2/c21-16-7-4-8-18-19(16)15-11-14(9-10-17(15)22-18)20(23)24-12-13-5-2-1-3-6-13/h1-8,14,22H,9-12H2. The third-order valence-corrected chi connectivity index (χ3v) is 4.72. The minimum absolute atomic E-state index is 0.199. The van der Waals surface area contributed by atoms with Gasteiger partial charge in [0.1, 0.15) is 12.4 Å². The first-order valence-corrected chi connectivity index (χ1v) is 8.21. The van der Waals surface area contributed by atoms with E-state index < -0.39 is 0 Å². The second kappa shape index (κ2) is 6.11. The van der Waals surface area contributed by atoms with Crippen LogP contribution in [-0.2, 0) is 29.0 Å². The molecule has 1 aliphatic rings. The fourth-order valence-corrected chi connectivity index (χ4v) is 3.48. The number of aromatic amines is 1. The van der Waals surface area contributed by atoms with Gasteiger partial charge in [-0.1, -0.05) is 36.4 Å². The number of hydrogen-bond donors (Lipinski definition) is 1. The smallest absolute Gasteiger partial charge is 0.309 e. The number of aryl methyl sites for hydroxylation is 1. The molecule has 0 radical (unpaired) electrons. The SMILES string of the molecule is O=C(OCc1ccccc1)C1CCc2[nH]c3cccc(F)c3c2C1. The van der Waals surface area contributed by atoms with Gasteiger partial charge in [-0.3, -0.25) is 4.79 Å². The molecule has 1 aromatic heterocycles. The summed E-state index contributed by atoms with van der Waals surface area (Å²) in [7, 11) is 0. The van der Waals surface area contributed by atoms with Crippen LogP contribution in [-0.4, -0.2) is 11.0 Å². The molecular formula is C20H18FNO2. The fourth-order valence-electron chi connectivity index (χ4n) is 3.48. The lowest BCUT2D eigenvalue weighted by atomic mass is 9.86. The van der Waals surface area contributed by atoms with Gasteiger partial charge in [-0.15, -0.1) is 0 Å². The molecule has 3 aromatic rings. The number of benzene rings is 2. The van der Waals surface area contributed by atoms with Crippen LogP contribution in [0.2, 0.25) is 0 Å². The molecule has 122 valence electrons. The highest BCUT2D eigenvalue weighted by Gasteiger charge is 2.29. The predicted octanol–water partition coefficient (Wildman–Crippen LogP) is 4.16. The van der Waals surface area contributed by atoms with Crippen LogP contribution in [0.5, 0.6) is 0 Å². The van der Waals surface area contributed by atoms with Crippen LogP contribution in [0.25, 0.3) is 10.9 Å². The van der Waals surface area contributed by atoms with Gasteiger partial charge in [0.05, 0.1) is 5.92 Å². The Morgan fingerprint density at radius 2 is 2.00 bits per heavy atom. The minimum atomic E-state index is -0.233. The number of fused-ring (bicyclic) bond motifs is 3. The summed E-state index contributed by atoms with van der Waals surface area (Å²) in [6, 6.07) is 14.7. The molecule has 2 aromatic carbocycles. The van der Waals surface area contributed by atoms with Gasteiger partial charge in [0.15, 0.2) is 0 Å². The highest BCUT2D eigenvalue weighted by molar-refractivity contribution is 5.86. The van der Waals surface area contributed by atoms with Crippen LogP contribution >= 0.6 is 0 Å². The lowest BCUT2D eigenvalue weighted by Crippen LogP contribution is -2.24. The van der Waals surface area contributed by atoms with Crippen molar-refractivity contribution in [3.8, 4) is 0 Å². The Balaban J connectivity index is 1.51. The van der Waals surface area contributed by atoms with Crippen LogP contribution in [0.1, 0.15) is 23.2 Å². The predicted molar refractivity (Wildman–Crippen MR) is 90.0 cm³/mol. The summed E-state index contributed by atoms with van der Waals surface area (Å²) in [6.07, 6.45) is 2.01. The first kappa shape index (κ1) is 14.9. The van der Waals surface area contributed by atoms with Gasteiger partial charge in [0.25, 0.3) is 0 Å². The van der Waals surface area contributed by atoms with Gasteiger partial charge >= 0.3 is 5.97 Å². The summed E-state index contributed by atoms with van der Waals surface area (Å²) in [6.45, 7) is 0.283. The zero-order chi connectivity index (χ0) is 16.5. The molecule has 4 heteroatoms. The van der Waals surface area contributed by atoms with Gasteiger partial charge in [-0.05, 0) is 42.5 Å². The zero-order valence-electron chi connectivity index (χ0n) is 13.2. The average molecular weight is 323 g/mol. The highest BCUT2D eigenvalue weighted by Crippen LogP contribution is 2.33. The van der Waals surface area contributed by atoms with E-state index in [1.807, 2.05) is 36.4 Å². The Hall–Kier alpha value is -2.62. The average Bonchev–Trinajstić information content (AvgIpc) is 2.99. The molecule has 1 atom stereocenters. The van der Waals surface area contributed by atoms with Crippen molar-refractivity contribution in [1.29, 1.82) is 0 Å². The van der Waals surface area contributed by atoms with Gasteiger partial charge < -0.3 is 9.72 Å². The second-order valence-electron chi connectivity index (χ2n) is 6.28. The van der Waals surface area contributed by atoms with Crippen molar-refractivity contribution in [1.82, 2.24) is 4.98 Å². The number of carbonyl (C=O) groups excluding carboxylic acids is 1. The first-order chi connectivity index (χ1) is 11.7. The summed E-state index contributed by atoms with van der Waals surface area (Å²) >= 11 is 0. The molecule has 0 saturated carbocycles. The molecule has 0 saturated heterocycles. The molecule has 3 nitrogen and oxygen atoms in total. The van der Waals surface area contributed by atoms with Crippen molar-refractivity contribution < 1.29 is 13.9 Å². The van der Waals surface area contributed by atoms with Crippen LogP contribution < -0.4 is 0 Å². The molecule has 0 bridgehead atoms. The van der Waals surface area contributed by atoms with E-state index in [2.05, 4.69) is 4.98 Å². The van der Waals surface area contributed by atoms with Gasteiger partial charge in [0.2, 0.25) is 0 Å². The molecule has 24 heavy (non-hydrogen) atoms. The van der Waals surface area contributed by atoms with E-state index in [4.69, 9.17) is 4.74 Å². The first-order valence-electron chi connectivity index (χ1n) is 8.21. The number of nitrogens with one attached hydrogen (secondary N) is 1. The number of halogens is 1. The normalized spacial score (nSPS) is 16.8. The molecule has 0 spiro atoms. The molecule has 4 rings (SSSR count). The summed E-state index contributed by atoms with van der Waals surface area (Å²) in [5.74, 6) is -0.640.